The van der Waals surface area contributed by atoms with Gasteiger partial charge in [0.15, 0.2) is 6.10 Å². The molecule has 10 heteroatoms. The van der Waals surface area contributed by atoms with Gasteiger partial charge in [-0.1, -0.05) is 11.8 Å². The summed E-state index contributed by atoms with van der Waals surface area (Å²) in [5.74, 6) is 0.0473. The van der Waals surface area contributed by atoms with Crippen LogP contribution >= 0.6 is 11.8 Å². The quantitative estimate of drug-likeness (QED) is 0.699. The van der Waals surface area contributed by atoms with Crippen molar-refractivity contribution in [2.24, 2.45) is 11.7 Å². The standard InChI is InChI=1S/C18H21FN4O4S/c1-11(26-14-4-2-13(19)3-5-14)17-21-22-18(27-17)28-10-15(24)23-8-6-12(7-9-23)16(20)25/h2-5,11-12H,6-10H2,1H3,(H2,20,25)/t11-/m0/s1. The summed E-state index contributed by atoms with van der Waals surface area (Å²) >= 11 is 1.15. The Morgan fingerprint density at radius 3 is 2.64 bits per heavy atom. The number of piperidine rings is 1. The number of thioether (sulfide) groups is 1. The van der Waals surface area contributed by atoms with Crippen molar-refractivity contribution in [3.05, 3.63) is 36.0 Å². The number of hydrogen-bond acceptors (Lipinski definition) is 7. The number of nitrogens with two attached hydrogens (primary N) is 1. The normalized spacial score (nSPS) is 16.0. The summed E-state index contributed by atoms with van der Waals surface area (Å²) in [7, 11) is 0. The molecule has 2 aromatic rings. The molecule has 0 aliphatic carbocycles. The van der Waals surface area contributed by atoms with E-state index in [0.717, 1.165) is 11.8 Å². The van der Waals surface area contributed by atoms with Gasteiger partial charge in [0.2, 0.25) is 11.8 Å². The van der Waals surface area contributed by atoms with Gasteiger partial charge in [-0.3, -0.25) is 9.59 Å². The molecule has 1 atom stereocenters. The number of likely N-dealkylation sites (tertiary alicyclic amines) is 1. The van der Waals surface area contributed by atoms with Gasteiger partial charge >= 0.3 is 0 Å². The highest BCUT2D eigenvalue weighted by Gasteiger charge is 2.26. The monoisotopic (exact) mass is 408 g/mol. The smallest absolute Gasteiger partial charge is 0.277 e. The zero-order valence-corrected chi connectivity index (χ0v) is 16.2. The van der Waals surface area contributed by atoms with Crippen LogP contribution in [0.4, 0.5) is 4.39 Å². The molecule has 8 nitrogen and oxygen atoms in total. The number of halogens is 1. The second-order valence-corrected chi connectivity index (χ2v) is 7.39. The van der Waals surface area contributed by atoms with Crippen molar-refractivity contribution in [2.75, 3.05) is 18.8 Å². The second kappa shape index (κ2) is 9.05. The third kappa shape index (κ3) is 5.22. The van der Waals surface area contributed by atoms with Crippen LogP contribution in [-0.2, 0) is 9.59 Å². The van der Waals surface area contributed by atoms with Gasteiger partial charge in [-0.2, -0.15) is 0 Å². The number of amides is 2. The number of primary amides is 1. The molecule has 1 aliphatic rings. The number of benzene rings is 1. The Morgan fingerprint density at radius 2 is 2.00 bits per heavy atom. The zero-order valence-electron chi connectivity index (χ0n) is 15.3. The summed E-state index contributed by atoms with van der Waals surface area (Å²) in [5.41, 5.74) is 5.30. The molecule has 1 aromatic carbocycles. The van der Waals surface area contributed by atoms with E-state index < -0.39 is 6.10 Å². The van der Waals surface area contributed by atoms with Crippen LogP contribution < -0.4 is 10.5 Å². The van der Waals surface area contributed by atoms with Crippen LogP contribution in [0.15, 0.2) is 33.9 Å². The van der Waals surface area contributed by atoms with Crippen LogP contribution in [0.1, 0.15) is 31.8 Å². The first-order valence-electron chi connectivity index (χ1n) is 8.88. The maximum Gasteiger partial charge on any atom is 0.277 e. The van der Waals surface area contributed by atoms with E-state index in [1.165, 1.54) is 24.3 Å². The Kier molecular flexibility index (Phi) is 6.50. The lowest BCUT2D eigenvalue weighted by molar-refractivity contribution is -0.132. The van der Waals surface area contributed by atoms with Crippen LogP contribution in [0, 0.1) is 11.7 Å². The fourth-order valence-electron chi connectivity index (χ4n) is 2.84. The van der Waals surface area contributed by atoms with E-state index >= 15 is 0 Å². The fraction of sp³-hybridized carbons (Fsp3) is 0.444. The first kappa shape index (κ1) is 20.1. The van der Waals surface area contributed by atoms with Gasteiger partial charge in [0.05, 0.1) is 5.75 Å². The predicted octanol–water partition coefficient (Wildman–Crippen LogP) is 2.16. The number of aromatic nitrogens is 2. The molecule has 2 N–H and O–H groups in total. The van der Waals surface area contributed by atoms with Crippen molar-refractivity contribution < 1.29 is 23.1 Å². The van der Waals surface area contributed by atoms with E-state index in [1.807, 2.05) is 0 Å². The third-order valence-corrected chi connectivity index (χ3v) is 5.27. The molecule has 2 heterocycles. The van der Waals surface area contributed by atoms with Crippen molar-refractivity contribution in [3.63, 3.8) is 0 Å². The van der Waals surface area contributed by atoms with E-state index in [2.05, 4.69) is 10.2 Å². The molecule has 1 aliphatic heterocycles. The van der Waals surface area contributed by atoms with E-state index in [1.54, 1.807) is 11.8 Å². The zero-order chi connectivity index (χ0) is 20.1. The Morgan fingerprint density at radius 1 is 1.32 bits per heavy atom. The molecule has 2 amide bonds. The lowest BCUT2D eigenvalue weighted by atomic mass is 9.96. The molecule has 150 valence electrons. The number of carbonyl (C=O) groups is 2. The highest BCUT2D eigenvalue weighted by molar-refractivity contribution is 7.99. The predicted molar refractivity (Wildman–Crippen MR) is 99.0 cm³/mol. The molecule has 0 unspecified atom stereocenters. The largest absolute Gasteiger partial charge is 0.481 e. The van der Waals surface area contributed by atoms with Gasteiger partial charge in [-0.05, 0) is 44.0 Å². The SMILES string of the molecule is C[C@H](Oc1ccc(F)cc1)c1nnc(SCC(=O)N2CCC(C(N)=O)CC2)o1. The summed E-state index contributed by atoms with van der Waals surface area (Å²) < 4.78 is 24.1. The number of hydrogen-bond donors (Lipinski definition) is 1. The van der Waals surface area contributed by atoms with Gasteiger partial charge < -0.3 is 19.8 Å². The molecule has 1 saturated heterocycles. The van der Waals surface area contributed by atoms with Crippen LogP contribution in [0.5, 0.6) is 5.75 Å². The maximum absolute atomic E-state index is 12.9. The molecule has 3 rings (SSSR count). The number of rotatable bonds is 7. The summed E-state index contributed by atoms with van der Waals surface area (Å²) in [5, 5.41) is 8.12. The Bertz CT molecular complexity index is 821. The van der Waals surface area contributed by atoms with Crippen LogP contribution in [0.2, 0.25) is 0 Å². The second-order valence-electron chi connectivity index (χ2n) is 6.47. The minimum Gasteiger partial charge on any atom is -0.481 e. The molecule has 0 spiro atoms. The van der Waals surface area contributed by atoms with E-state index in [4.69, 9.17) is 14.9 Å². The third-order valence-electron chi connectivity index (χ3n) is 4.47. The molecular formula is C18H21FN4O4S. The topological polar surface area (TPSA) is 112 Å². The Balaban J connectivity index is 1.47. The minimum absolute atomic E-state index is 0.0525. The van der Waals surface area contributed by atoms with Crippen molar-refractivity contribution in [3.8, 4) is 5.75 Å². The Hall–Kier alpha value is -2.62. The lowest BCUT2D eigenvalue weighted by Crippen LogP contribution is -2.42. The van der Waals surface area contributed by atoms with E-state index in [-0.39, 0.29) is 40.4 Å². The molecule has 0 bridgehead atoms. The van der Waals surface area contributed by atoms with Crippen molar-refractivity contribution in [1.82, 2.24) is 15.1 Å². The van der Waals surface area contributed by atoms with Gasteiger partial charge in [0.1, 0.15) is 11.6 Å². The summed E-state index contributed by atoms with van der Waals surface area (Å²) in [4.78, 5) is 25.2. The molecule has 1 fully saturated rings. The van der Waals surface area contributed by atoms with Crippen molar-refractivity contribution in [2.45, 2.75) is 31.1 Å². The minimum atomic E-state index is -0.518. The van der Waals surface area contributed by atoms with Crippen molar-refractivity contribution >= 4 is 23.6 Å². The summed E-state index contributed by atoms with van der Waals surface area (Å²) in [6, 6.07) is 5.62. The van der Waals surface area contributed by atoms with Crippen molar-refractivity contribution in [1.29, 1.82) is 0 Å². The van der Waals surface area contributed by atoms with Gasteiger partial charge in [0, 0.05) is 19.0 Å². The highest BCUT2D eigenvalue weighted by atomic mass is 32.2. The number of carbonyl (C=O) groups excluding carboxylic acids is 2. The first-order chi connectivity index (χ1) is 13.4. The van der Waals surface area contributed by atoms with Gasteiger partial charge in [-0.25, -0.2) is 4.39 Å². The highest BCUT2D eigenvalue weighted by Crippen LogP contribution is 2.25. The first-order valence-corrected chi connectivity index (χ1v) is 9.86. The van der Waals surface area contributed by atoms with Crippen LogP contribution in [0.25, 0.3) is 0 Å². The average Bonchev–Trinajstić information content (AvgIpc) is 3.17. The molecule has 0 saturated carbocycles. The van der Waals surface area contributed by atoms with Gasteiger partial charge in [0.25, 0.3) is 11.1 Å². The van der Waals surface area contributed by atoms with E-state index in [0.29, 0.717) is 31.7 Å². The molecular weight excluding hydrogens is 387 g/mol. The van der Waals surface area contributed by atoms with E-state index in [9.17, 15) is 14.0 Å². The summed E-state index contributed by atoms with van der Waals surface area (Å²) in [6.45, 7) is 2.77. The molecule has 28 heavy (non-hydrogen) atoms. The van der Waals surface area contributed by atoms with Crippen LogP contribution in [0.3, 0.4) is 0 Å². The molecule has 0 radical (unpaired) electrons. The Labute approximate surface area is 165 Å². The van der Waals surface area contributed by atoms with Gasteiger partial charge in [-0.15, -0.1) is 10.2 Å². The van der Waals surface area contributed by atoms with Crippen LogP contribution in [-0.4, -0.2) is 45.8 Å². The fourth-order valence-corrected chi connectivity index (χ4v) is 3.51. The maximum atomic E-state index is 12.9. The summed E-state index contributed by atoms with van der Waals surface area (Å²) in [6.07, 6.45) is 0.666. The number of nitrogens with zero attached hydrogens (tertiary/aromatic N) is 3. The number of ether oxygens (including phenoxy) is 1. The lowest BCUT2D eigenvalue weighted by Gasteiger charge is -2.30. The average molecular weight is 408 g/mol. The molecule has 1 aromatic heterocycles.